The van der Waals surface area contributed by atoms with Crippen LogP contribution in [0.15, 0.2) is 18.3 Å². The van der Waals surface area contributed by atoms with Gasteiger partial charge < -0.3 is 4.90 Å². The van der Waals surface area contributed by atoms with Crippen LogP contribution in [0, 0.1) is 5.92 Å². The number of hydrogen-bond donors (Lipinski definition) is 0. The molecule has 1 aromatic heterocycles. The van der Waals surface area contributed by atoms with Crippen molar-refractivity contribution in [1.29, 1.82) is 0 Å². The first kappa shape index (κ1) is 11.9. The molecule has 1 unspecified atom stereocenters. The molecule has 16 heavy (non-hydrogen) atoms. The van der Waals surface area contributed by atoms with Gasteiger partial charge in [-0.2, -0.15) is 0 Å². The molecule has 88 valence electrons. The average Bonchev–Trinajstić information content (AvgIpc) is 2.66. The highest BCUT2D eigenvalue weighted by Crippen LogP contribution is 2.22. The molecule has 0 amide bonds. The average molecular weight is 239 g/mol. The maximum absolute atomic E-state index is 5.89. The molecular formula is C13H19ClN2. The van der Waals surface area contributed by atoms with Gasteiger partial charge in [-0.25, -0.2) is 4.98 Å². The molecule has 3 heteroatoms. The van der Waals surface area contributed by atoms with Crippen LogP contribution in [0.3, 0.4) is 0 Å². The Hall–Kier alpha value is -0.600. The van der Waals surface area contributed by atoms with Crippen molar-refractivity contribution < 1.29 is 0 Å². The Balaban J connectivity index is 1.92. The van der Waals surface area contributed by atoms with Crippen molar-refractivity contribution in [1.82, 2.24) is 9.88 Å². The number of likely N-dealkylation sites (tertiary alicyclic amines) is 1. The van der Waals surface area contributed by atoms with Crippen LogP contribution < -0.4 is 0 Å². The number of aromatic nitrogens is 1. The normalized spacial score (nSPS) is 21.9. The van der Waals surface area contributed by atoms with Gasteiger partial charge in [0, 0.05) is 18.8 Å². The number of nitrogens with zero attached hydrogens (tertiary/aromatic N) is 2. The summed E-state index contributed by atoms with van der Waals surface area (Å²) in [7, 11) is 0. The van der Waals surface area contributed by atoms with Crippen LogP contribution in [0.5, 0.6) is 0 Å². The van der Waals surface area contributed by atoms with E-state index in [2.05, 4.69) is 29.8 Å². The van der Waals surface area contributed by atoms with E-state index in [0.717, 1.165) is 12.3 Å². The molecule has 2 rings (SSSR count). The minimum Gasteiger partial charge on any atom is -0.301 e. The lowest BCUT2D eigenvalue weighted by Gasteiger charge is -2.20. The fourth-order valence-electron chi connectivity index (χ4n) is 2.40. The topological polar surface area (TPSA) is 16.1 Å². The van der Waals surface area contributed by atoms with E-state index in [0.29, 0.717) is 11.2 Å². The Kier molecular flexibility index (Phi) is 3.82. The smallest absolute Gasteiger partial charge is 0.129 e. The van der Waals surface area contributed by atoms with E-state index >= 15 is 0 Å². The SMILES string of the molecule is CC(C)N1CCC(Cc2ccnc(Cl)c2)C1. The lowest BCUT2D eigenvalue weighted by molar-refractivity contribution is 0.265. The summed E-state index contributed by atoms with van der Waals surface area (Å²) in [4.78, 5) is 6.56. The largest absolute Gasteiger partial charge is 0.301 e. The first-order valence-corrected chi connectivity index (χ1v) is 6.37. The first-order valence-electron chi connectivity index (χ1n) is 5.99. The lowest BCUT2D eigenvalue weighted by atomic mass is 10.00. The third-order valence-electron chi connectivity index (χ3n) is 3.36. The van der Waals surface area contributed by atoms with Gasteiger partial charge in [-0.1, -0.05) is 11.6 Å². The van der Waals surface area contributed by atoms with E-state index in [1.54, 1.807) is 6.20 Å². The van der Waals surface area contributed by atoms with Crippen molar-refractivity contribution >= 4 is 11.6 Å². The van der Waals surface area contributed by atoms with Gasteiger partial charge in [0.05, 0.1) is 0 Å². The summed E-state index contributed by atoms with van der Waals surface area (Å²) in [5.41, 5.74) is 1.32. The zero-order chi connectivity index (χ0) is 11.5. The summed E-state index contributed by atoms with van der Waals surface area (Å²) in [5.74, 6) is 0.779. The Morgan fingerprint density at radius 1 is 1.56 bits per heavy atom. The number of halogens is 1. The second kappa shape index (κ2) is 5.15. The molecule has 1 fully saturated rings. The summed E-state index contributed by atoms with van der Waals surface area (Å²) in [6, 6.07) is 4.73. The van der Waals surface area contributed by atoms with Crippen LogP contribution in [0.25, 0.3) is 0 Å². The molecule has 1 saturated heterocycles. The summed E-state index contributed by atoms with van der Waals surface area (Å²) in [6.07, 6.45) is 4.23. The van der Waals surface area contributed by atoms with Crippen molar-refractivity contribution in [2.45, 2.75) is 32.7 Å². The summed E-state index contributed by atoms with van der Waals surface area (Å²) in [5, 5.41) is 0.608. The molecule has 0 N–H and O–H groups in total. The van der Waals surface area contributed by atoms with Crippen molar-refractivity contribution in [2.75, 3.05) is 13.1 Å². The van der Waals surface area contributed by atoms with Crippen molar-refractivity contribution in [3.63, 3.8) is 0 Å². The molecule has 0 saturated carbocycles. The minimum atomic E-state index is 0.608. The van der Waals surface area contributed by atoms with Gasteiger partial charge in [0.25, 0.3) is 0 Å². The molecule has 1 aliphatic heterocycles. The molecule has 0 aromatic carbocycles. The monoisotopic (exact) mass is 238 g/mol. The Labute approximate surface area is 103 Å². The Morgan fingerprint density at radius 3 is 3.00 bits per heavy atom. The van der Waals surface area contributed by atoms with Crippen LogP contribution in [0.4, 0.5) is 0 Å². The molecule has 0 spiro atoms. The summed E-state index contributed by atoms with van der Waals surface area (Å²) in [6.45, 7) is 7.00. The molecule has 2 heterocycles. The quantitative estimate of drug-likeness (QED) is 0.753. The highest BCUT2D eigenvalue weighted by Gasteiger charge is 2.24. The van der Waals surface area contributed by atoms with Crippen molar-refractivity contribution in [3.05, 3.63) is 29.0 Å². The van der Waals surface area contributed by atoms with Crippen LogP contribution in [0.1, 0.15) is 25.8 Å². The fraction of sp³-hybridized carbons (Fsp3) is 0.615. The predicted molar refractivity (Wildman–Crippen MR) is 67.8 cm³/mol. The molecule has 0 aliphatic carbocycles. The zero-order valence-electron chi connectivity index (χ0n) is 9.99. The Bertz CT molecular complexity index is 352. The zero-order valence-corrected chi connectivity index (χ0v) is 10.7. The molecule has 1 aromatic rings. The predicted octanol–water partition coefficient (Wildman–Crippen LogP) is 3.01. The van der Waals surface area contributed by atoms with Gasteiger partial charge in [0.1, 0.15) is 5.15 Å². The number of hydrogen-bond acceptors (Lipinski definition) is 2. The van der Waals surface area contributed by atoms with E-state index in [1.807, 2.05) is 6.07 Å². The molecule has 0 bridgehead atoms. The van der Waals surface area contributed by atoms with Crippen molar-refractivity contribution in [3.8, 4) is 0 Å². The molecule has 1 aliphatic rings. The standard InChI is InChI=1S/C13H19ClN2/c1-10(2)16-6-4-12(9-16)7-11-3-5-15-13(14)8-11/h3,5,8,10,12H,4,6-7,9H2,1-2H3. The second-order valence-corrected chi connectivity index (χ2v) is 5.32. The highest BCUT2D eigenvalue weighted by molar-refractivity contribution is 6.29. The lowest BCUT2D eigenvalue weighted by Crippen LogP contribution is -2.28. The van der Waals surface area contributed by atoms with Crippen LogP contribution >= 0.6 is 11.6 Å². The van der Waals surface area contributed by atoms with Crippen LogP contribution in [-0.4, -0.2) is 29.0 Å². The van der Waals surface area contributed by atoms with Gasteiger partial charge in [-0.15, -0.1) is 0 Å². The number of pyridine rings is 1. The van der Waals surface area contributed by atoms with Crippen molar-refractivity contribution in [2.24, 2.45) is 5.92 Å². The number of rotatable bonds is 3. The van der Waals surface area contributed by atoms with Crippen LogP contribution in [-0.2, 0) is 6.42 Å². The van der Waals surface area contributed by atoms with E-state index in [1.165, 1.54) is 25.1 Å². The maximum Gasteiger partial charge on any atom is 0.129 e. The molecular weight excluding hydrogens is 220 g/mol. The second-order valence-electron chi connectivity index (χ2n) is 4.93. The molecule has 0 radical (unpaired) electrons. The highest BCUT2D eigenvalue weighted by atomic mass is 35.5. The third kappa shape index (κ3) is 2.96. The van der Waals surface area contributed by atoms with Gasteiger partial charge in [0.15, 0.2) is 0 Å². The molecule has 1 atom stereocenters. The van der Waals surface area contributed by atoms with Gasteiger partial charge in [0.2, 0.25) is 0 Å². The summed E-state index contributed by atoms with van der Waals surface area (Å²) < 4.78 is 0. The third-order valence-corrected chi connectivity index (χ3v) is 3.57. The van der Waals surface area contributed by atoms with Gasteiger partial charge in [-0.3, -0.25) is 0 Å². The molecule has 2 nitrogen and oxygen atoms in total. The Morgan fingerprint density at radius 2 is 2.38 bits per heavy atom. The van der Waals surface area contributed by atoms with E-state index in [9.17, 15) is 0 Å². The minimum absolute atomic E-state index is 0.608. The first-order chi connectivity index (χ1) is 7.65. The van der Waals surface area contributed by atoms with E-state index < -0.39 is 0 Å². The summed E-state index contributed by atoms with van der Waals surface area (Å²) >= 11 is 5.89. The van der Waals surface area contributed by atoms with Gasteiger partial charge in [-0.05, 0) is 56.8 Å². The van der Waals surface area contributed by atoms with E-state index in [-0.39, 0.29) is 0 Å². The van der Waals surface area contributed by atoms with Gasteiger partial charge >= 0.3 is 0 Å². The maximum atomic E-state index is 5.89. The fourth-order valence-corrected chi connectivity index (χ4v) is 2.60. The van der Waals surface area contributed by atoms with Crippen LogP contribution in [0.2, 0.25) is 5.15 Å². The van der Waals surface area contributed by atoms with E-state index in [4.69, 9.17) is 11.6 Å².